The number of benzene rings is 3. The summed E-state index contributed by atoms with van der Waals surface area (Å²) in [5.41, 5.74) is 3.33. The highest BCUT2D eigenvalue weighted by atomic mass is 32.2. The van der Waals surface area contributed by atoms with Crippen molar-refractivity contribution in [2.75, 3.05) is 10.0 Å². The van der Waals surface area contributed by atoms with Crippen molar-refractivity contribution in [2.24, 2.45) is 0 Å². The molecule has 1 heterocycles. The van der Waals surface area contributed by atoms with E-state index in [4.69, 9.17) is 4.42 Å². The van der Waals surface area contributed by atoms with E-state index in [1.54, 1.807) is 55.5 Å². The highest BCUT2D eigenvalue weighted by molar-refractivity contribution is 7.92. The first-order valence-corrected chi connectivity index (χ1v) is 11.8. The summed E-state index contributed by atoms with van der Waals surface area (Å²) in [7, 11) is -3.69. The summed E-state index contributed by atoms with van der Waals surface area (Å²) >= 11 is 0. The molecule has 0 aliphatic rings. The first-order valence-electron chi connectivity index (χ1n) is 10.3. The van der Waals surface area contributed by atoms with E-state index >= 15 is 0 Å². The average molecular weight is 462 g/mol. The number of hydrogen-bond acceptors (Lipinski definition) is 5. The van der Waals surface area contributed by atoms with Crippen LogP contribution in [0.5, 0.6) is 0 Å². The third-order valence-electron chi connectivity index (χ3n) is 4.99. The Morgan fingerprint density at radius 2 is 1.52 bits per heavy atom. The van der Waals surface area contributed by atoms with Crippen molar-refractivity contribution >= 4 is 27.3 Å². The summed E-state index contributed by atoms with van der Waals surface area (Å²) in [4.78, 5) is 17.1. The molecule has 0 aliphatic heterocycles. The maximum atomic E-state index is 12.5. The second-order valence-corrected chi connectivity index (χ2v) is 9.29. The van der Waals surface area contributed by atoms with Gasteiger partial charge in [-0.15, -0.1) is 0 Å². The SMILES string of the molecule is Cc1ccc(S(=O)(=O)Nc2ccc(NC(=O)Cc3nc(-c4ccccc4)oc3C)cc2)cc1. The molecule has 0 radical (unpaired) electrons. The van der Waals surface area contributed by atoms with Gasteiger partial charge in [-0.05, 0) is 62.4 Å². The van der Waals surface area contributed by atoms with Gasteiger partial charge in [-0.3, -0.25) is 9.52 Å². The number of carbonyl (C=O) groups is 1. The van der Waals surface area contributed by atoms with Crippen LogP contribution >= 0.6 is 0 Å². The Hall–Kier alpha value is -3.91. The van der Waals surface area contributed by atoms with Gasteiger partial charge in [-0.2, -0.15) is 0 Å². The van der Waals surface area contributed by atoms with E-state index in [0.717, 1.165) is 11.1 Å². The third kappa shape index (κ3) is 5.48. The summed E-state index contributed by atoms with van der Waals surface area (Å²) in [6.45, 7) is 3.67. The molecule has 0 saturated carbocycles. The molecule has 0 unspecified atom stereocenters. The fourth-order valence-corrected chi connectivity index (χ4v) is 4.27. The van der Waals surface area contributed by atoms with Gasteiger partial charge in [0.15, 0.2) is 0 Å². The van der Waals surface area contributed by atoms with Crippen LogP contribution in [0.2, 0.25) is 0 Å². The minimum atomic E-state index is -3.69. The molecule has 0 saturated heterocycles. The largest absolute Gasteiger partial charge is 0.441 e. The van der Waals surface area contributed by atoms with Crippen molar-refractivity contribution in [3.8, 4) is 11.5 Å². The van der Waals surface area contributed by atoms with Gasteiger partial charge in [-0.25, -0.2) is 13.4 Å². The standard InChI is InChI=1S/C25H23N3O4S/c1-17-8-14-22(15-9-17)33(30,31)28-21-12-10-20(11-13-21)26-24(29)16-23-18(2)32-25(27-23)19-6-4-3-5-7-19/h3-15,28H,16H2,1-2H3,(H,26,29). The maximum absolute atomic E-state index is 12.5. The summed E-state index contributed by atoms with van der Waals surface area (Å²) < 4.78 is 33.3. The second kappa shape index (κ2) is 9.30. The molecular weight excluding hydrogens is 438 g/mol. The number of aromatic nitrogens is 1. The van der Waals surface area contributed by atoms with Gasteiger partial charge in [0, 0.05) is 16.9 Å². The smallest absolute Gasteiger partial charge is 0.261 e. The Labute approximate surface area is 192 Å². The van der Waals surface area contributed by atoms with Crippen LogP contribution in [0, 0.1) is 13.8 Å². The minimum Gasteiger partial charge on any atom is -0.441 e. The number of hydrogen-bond donors (Lipinski definition) is 2. The molecule has 4 rings (SSSR count). The van der Waals surface area contributed by atoms with Crippen molar-refractivity contribution in [3.05, 3.63) is 95.9 Å². The Morgan fingerprint density at radius 3 is 2.18 bits per heavy atom. The van der Waals surface area contributed by atoms with Gasteiger partial charge in [0.1, 0.15) is 5.76 Å². The minimum absolute atomic E-state index is 0.0595. The van der Waals surface area contributed by atoms with Crippen molar-refractivity contribution in [1.82, 2.24) is 4.98 Å². The van der Waals surface area contributed by atoms with E-state index in [2.05, 4.69) is 15.0 Å². The predicted molar refractivity (Wildman–Crippen MR) is 127 cm³/mol. The highest BCUT2D eigenvalue weighted by Gasteiger charge is 2.16. The van der Waals surface area contributed by atoms with Gasteiger partial charge >= 0.3 is 0 Å². The molecule has 0 fully saturated rings. The zero-order chi connectivity index (χ0) is 23.4. The third-order valence-corrected chi connectivity index (χ3v) is 6.39. The normalized spacial score (nSPS) is 11.2. The second-order valence-electron chi connectivity index (χ2n) is 7.61. The summed E-state index contributed by atoms with van der Waals surface area (Å²) in [6.07, 6.45) is 0.0595. The van der Waals surface area contributed by atoms with Crippen LogP contribution in [0.4, 0.5) is 11.4 Å². The van der Waals surface area contributed by atoms with Gasteiger partial charge in [0.25, 0.3) is 10.0 Å². The number of carbonyl (C=O) groups excluding carboxylic acids is 1. The summed E-state index contributed by atoms with van der Waals surface area (Å²) in [5.74, 6) is 0.810. The Balaban J connectivity index is 1.39. The average Bonchev–Trinajstić information content (AvgIpc) is 3.16. The summed E-state index contributed by atoms with van der Waals surface area (Å²) in [6, 6.07) is 22.5. The lowest BCUT2D eigenvalue weighted by Gasteiger charge is -2.10. The van der Waals surface area contributed by atoms with Crippen molar-refractivity contribution in [3.63, 3.8) is 0 Å². The van der Waals surface area contributed by atoms with Crippen LogP contribution in [-0.2, 0) is 21.2 Å². The van der Waals surface area contributed by atoms with Crippen LogP contribution in [0.15, 0.2) is 88.2 Å². The van der Waals surface area contributed by atoms with E-state index in [-0.39, 0.29) is 17.2 Å². The molecule has 0 bridgehead atoms. The molecule has 168 valence electrons. The molecule has 0 spiro atoms. The fourth-order valence-electron chi connectivity index (χ4n) is 3.21. The molecule has 4 aromatic rings. The van der Waals surface area contributed by atoms with E-state index in [1.165, 1.54) is 0 Å². The predicted octanol–water partition coefficient (Wildman–Crippen LogP) is 4.94. The van der Waals surface area contributed by atoms with Gasteiger partial charge in [0.2, 0.25) is 11.8 Å². The van der Waals surface area contributed by atoms with Crippen LogP contribution < -0.4 is 10.0 Å². The number of amides is 1. The number of oxazole rings is 1. The van der Waals surface area contributed by atoms with Crippen molar-refractivity contribution in [1.29, 1.82) is 0 Å². The molecule has 7 nitrogen and oxygen atoms in total. The number of aryl methyl sites for hydroxylation is 2. The first kappa shape index (κ1) is 22.3. The molecule has 33 heavy (non-hydrogen) atoms. The maximum Gasteiger partial charge on any atom is 0.261 e. The van der Waals surface area contributed by atoms with Crippen molar-refractivity contribution < 1.29 is 17.6 Å². The van der Waals surface area contributed by atoms with E-state index in [9.17, 15) is 13.2 Å². The van der Waals surface area contributed by atoms with Crippen LogP contribution in [0.1, 0.15) is 17.0 Å². The number of anilines is 2. The number of sulfonamides is 1. The van der Waals surface area contributed by atoms with Gasteiger partial charge < -0.3 is 9.73 Å². The fraction of sp³-hybridized carbons (Fsp3) is 0.120. The van der Waals surface area contributed by atoms with Crippen LogP contribution in [-0.4, -0.2) is 19.3 Å². The molecule has 2 N–H and O–H groups in total. The zero-order valence-electron chi connectivity index (χ0n) is 18.2. The Bertz CT molecular complexity index is 1360. The van der Waals surface area contributed by atoms with Crippen LogP contribution in [0.3, 0.4) is 0 Å². The Kier molecular flexibility index (Phi) is 6.28. The number of nitrogens with one attached hydrogen (secondary N) is 2. The molecule has 0 aliphatic carbocycles. The van der Waals surface area contributed by atoms with E-state index in [1.807, 2.05) is 37.3 Å². The Morgan fingerprint density at radius 1 is 0.879 bits per heavy atom. The highest BCUT2D eigenvalue weighted by Crippen LogP contribution is 2.22. The zero-order valence-corrected chi connectivity index (χ0v) is 19.0. The lowest BCUT2D eigenvalue weighted by Crippen LogP contribution is -2.15. The van der Waals surface area contributed by atoms with Gasteiger partial charge in [0.05, 0.1) is 17.0 Å². The molecule has 0 atom stereocenters. The molecule has 3 aromatic carbocycles. The number of rotatable bonds is 7. The van der Waals surface area contributed by atoms with Crippen molar-refractivity contribution in [2.45, 2.75) is 25.2 Å². The first-order chi connectivity index (χ1) is 15.8. The lowest BCUT2D eigenvalue weighted by atomic mass is 10.2. The van der Waals surface area contributed by atoms with Gasteiger partial charge in [-0.1, -0.05) is 35.9 Å². The molecule has 8 heteroatoms. The monoisotopic (exact) mass is 461 g/mol. The van der Waals surface area contributed by atoms with Crippen LogP contribution in [0.25, 0.3) is 11.5 Å². The van der Waals surface area contributed by atoms with E-state index < -0.39 is 10.0 Å². The number of nitrogens with zero attached hydrogens (tertiary/aromatic N) is 1. The summed E-state index contributed by atoms with van der Waals surface area (Å²) in [5, 5.41) is 2.80. The molecular formula is C25H23N3O4S. The quantitative estimate of drug-likeness (QED) is 0.406. The molecule has 1 aromatic heterocycles. The lowest BCUT2D eigenvalue weighted by molar-refractivity contribution is -0.115. The van der Waals surface area contributed by atoms with E-state index in [0.29, 0.717) is 28.7 Å². The topological polar surface area (TPSA) is 101 Å². The molecule has 1 amide bonds.